The molecule has 1 amide bonds. The first kappa shape index (κ1) is 22.8. The predicted octanol–water partition coefficient (Wildman–Crippen LogP) is 4.55. The lowest BCUT2D eigenvalue weighted by molar-refractivity contribution is 0.0470. The third-order valence-electron chi connectivity index (χ3n) is 6.01. The summed E-state index contributed by atoms with van der Waals surface area (Å²) >= 11 is 0. The van der Waals surface area contributed by atoms with Gasteiger partial charge < -0.3 is 20.1 Å². The first-order valence-electron chi connectivity index (χ1n) is 11.5. The normalized spacial score (nSPS) is 14.2. The van der Waals surface area contributed by atoms with Crippen molar-refractivity contribution in [1.82, 2.24) is 4.90 Å². The van der Waals surface area contributed by atoms with Crippen LogP contribution in [0.4, 0.5) is 0 Å². The molecule has 0 saturated carbocycles. The van der Waals surface area contributed by atoms with Gasteiger partial charge in [-0.05, 0) is 73.0 Å². The molecule has 0 spiro atoms. The number of ether oxygens (including phenoxy) is 2. The molecular weight excluding hydrogens is 416 g/mol. The quantitative estimate of drug-likeness (QED) is 0.385. The van der Waals surface area contributed by atoms with Crippen molar-refractivity contribution in [1.29, 1.82) is 0 Å². The Kier molecular flexibility index (Phi) is 7.58. The fourth-order valence-corrected chi connectivity index (χ4v) is 4.30. The third kappa shape index (κ3) is 5.90. The van der Waals surface area contributed by atoms with Gasteiger partial charge in [0.25, 0.3) is 0 Å². The summed E-state index contributed by atoms with van der Waals surface area (Å²) in [4.78, 5) is 27.4. The number of primary amides is 1. The number of amides is 1. The Morgan fingerprint density at radius 3 is 2.48 bits per heavy atom. The summed E-state index contributed by atoms with van der Waals surface area (Å²) in [7, 11) is 0. The second-order valence-corrected chi connectivity index (χ2v) is 8.40. The Bertz CT molecular complexity index is 1110. The van der Waals surface area contributed by atoms with Gasteiger partial charge in [-0.3, -0.25) is 4.79 Å². The average molecular weight is 447 g/mol. The first-order valence-corrected chi connectivity index (χ1v) is 11.5. The SMILES string of the molecule is NC(=O)c1c(C(=O)OCc2ccccc2)ccc2cc(OCCCN3CCCCC3)ccc12. The summed E-state index contributed by atoms with van der Waals surface area (Å²) in [5, 5.41) is 1.40. The molecule has 172 valence electrons. The molecular formula is C27H30N2O4. The largest absolute Gasteiger partial charge is 0.494 e. The molecule has 0 bridgehead atoms. The van der Waals surface area contributed by atoms with Crippen LogP contribution in [-0.4, -0.2) is 43.0 Å². The van der Waals surface area contributed by atoms with Gasteiger partial charge in [0, 0.05) is 6.54 Å². The van der Waals surface area contributed by atoms with Crippen molar-refractivity contribution in [2.24, 2.45) is 5.73 Å². The highest BCUT2D eigenvalue weighted by molar-refractivity contribution is 6.14. The van der Waals surface area contributed by atoms with Crippen LogP contribution in [0.25, 0.3) is 10.8 Å². The van der Waals surface area contributed by atoms with Crippen molar-refractivity contribution in [3.05, 3.63) is 77.4 Å². The Morgan fingerprint density at radius 1 is 0.939 bits per heavy atom. The summed E-state index contributed by atoms with van der Waals surface area (Å²) in [5.74, 6) is -0.508. The van der Waals surface area contributed by atoms with E-state index in [-0.39, 0.29) is 17.7 Å². The standard InChI is InChI=1S/C27H30N2O4/c28-26(30)25-23-13-11-22(32-17-7-16-29-14-5-2-6-15-29)18-21(23)10-12-24(25)27(31)33-19-20-8-3-1-4-9-20/h1,3-4,8-13,18H,2,5-7,14-17,19H2,(H2,28,30). The van der Waals surface area contributed by atoms with Crippen LogP contribution in [0.15, 0.2) is 60.7 Å². The second-order valence-electron chi connectivity index (χ2n) is 8.40. The first-order chi connectivity index (χ1) is 16.1. The van der Waals surface area contributed by atoms with Gasteiger partial charge >= 0.3 is 5.97 Å². The van der Waals surface area contributed by atoms with E-state index in [1.54, 1.807) is 18.2 Å². The van der Waals surface area contributed by atoms with E-state index in [1.807, 2.05) is 42.5 Å². The maximum absolute atomic E-state index is 12.7. The van der Waals surface area contributed by atoms with Crippen LogP contribution in [0.2, 0.25) is 0 Å². The number of nitrogens with zero attached hydrogens (tertiary/aromatic N) is 1. The van der Waals surface area contributed by atoms with Gasteiger partial charge in [0.05, 0.1) is 17.7 Å². The van der Waals surface area contributed by atoms with Gasteiger partial charge in [-0.25, -0.2) is 4.79 Å². The second kappa shape index (κ2) is 11.0. The average Bonchev–Trinajstić information content (AvgIpc) is 2.85. The Labute approximate surface area is 194 Å². The zero-order valence-corrected chi connectivity index (χ0v) is 18.8. The molecule has 0 unspecified atom stereocenters. The van der Waals surface area contributed by atoms with Gasteiger partial charge in [0.1, 0.15) is 12.4 Å². The van der Waals surface area contributed by atoms with Crippen molar-refractivity contribution in [2.45, 2.75) is 32.3 Å². The number of hydrogen-bond acceptors (Lipinski definition) is 5. The number of fused-ring (bicyclic) bond motifs is 1. The lowest BCUT2D eigenvalue weighted by Crippen LogP contribution is -2.31. The van der Waals surface area contributed by atoms with Crippen molar-refractivity contribution in [3.63, 3.8) is 0 Å². The molecule has 1 saturated heterocycles. The van der Waals surface area contributed by atoms with E-state index in [1.165, 1.54) is 32.4 Å². The molecule has 1 fully saturated rings. The van der Waals surface area contributed by atoms with Crippen molar-refractivity contribution < 1.29 is 19.1 Å². The minimum absolute atomic E-state index is 0.125. The molecule has 4 rings (SSSR count). The van der Waals surface area contributed by atoms with Gasteiger partial charge in [0.2, 0.25) is 5.91 Å². The number of hydrogen-bond donors (Lipinski definition) is 1. The summed E-state index contributed by atoms with van der Waals surface area (Å²) in [6.07, 6.45) is 4.88. The topological polar surface area (TPSA) is 81.9 Å². The van der Waals surface area contributed by atoms with Crippen LogP contribution in [0.1, 0.15) is 52.0 Å². The number of carbonyl (C=O) groups is 2. The molecule has 1 aliphatic heterocycles. The van der Waals surface area contributed by atoms with E-state index in [0.29, 0.717) is 12.0 Å². The molecule has 2 N–H and O–H groups in total. The maximum Gasteiger partial charge on any atom is 0.339 e. The highest BCUT2D eigenvalue weighted by Crippen LogP contribution is 2.27. The van der Waals surface area contributed by atoms with Crippen molar-refractivity contribution in [3.8, 4) is 5.75 Å². The van der Waals surface area contributed by atoms with Crippen LogP contribution >= 0.6 is 0 Å². The summed E-state index contributed by atoms with van der Waals surface area (Å²) in [6.45, 7) is 4.17. The molecule has 1 heterocycles. The molecule has 3 aromatic carbocycles. The van der Waals surface area contributed by atoms with Crippen LogP contribution in [0, 0.1) is 0 Å². The van der Waals surface area contributed by atoms with E-state index < -0.39 is 11.9 Å². The molecule has 6 heteroatoms. The van der Waals surface area contributed by atoms with Crippen LogP contribution in [0.3, 0.4) is 0 Å². The van der Waals surface area contributed by atoms with Crippen molar-refractivity contribution >= 4 is 22.6 Å². The van der Waals surface area contributed by atoms with E-state index >= 15 is 0 Å². The fourth-order valence-electron chi connectivity index (χ4n) is 4.30. The zero-order chi connectivity index (χ0) is 23.0. The maximum atomic E-state index is 12.7. The number of rotatable bonds is 9. The Hall–Kier alpha value is -3.38. The number of nitrogens with two attached hydrogens (primary N) is 1. The summed E-state index contributed by atoms with van der Waals surface area (Å²) in [5.41, 5.74) is 6.86. The molecule has 0 atom stereocenters. The van der Waals surface area contributed by atoms with Crippen LogP contribution in [-0.2, 0) is 11.3 Å². The molecule has 33 heavy (non-hydrogen) atoms. The van der Waals surface area contributed by atoms with Gasteiger partial charge in [0.15, 0.2) is 0 Å². The smallest absolute Gasteiger partial charge is 0.339 e. The highest BCUT2D eigenvalue weighted by atomic mass is 16.5. The Balaban J connectivity index is 1.43. The lowest BCUT2D eigenvalue weighted by atomic mass is 9.98. The van der Waals surface area contributed by atoms with E-state index in [2.05, 4.69) is 4.90 Å². The van der Waals surface area contributed by atoms with Gasteiger partial charge in [-0.1, -0.05) is 42.8 Å². The molecule has 3 aromatic rings. The number of piperidine rings is 1. The highest BCUT2D eigenvalue weighted by Gasteiger charge is 2.20. The van der Waals surface area contributed by atoms with Crippen LogP contribution in [0.5, 0.6) is 5.75 Å². The lowest BCUT2D eigenvalue weighted by Gasteiger charge is -2.26. The number of carbonyl (C=O) groups excluding carboxylic acids is 2. The van der Waals surface area contributed by atoms with Gasteiger partial charge in [-0.2, -0.15) is 0 Å². The monoisotopic (exact) mass is 446 g/mol. The van der Waals surface area contributed by atoms with E-state index in [9.17, 15) is 9.59 Å². The molecule has 6 nitrogen and oxygen atoms in total. The van der Waals surface area contributed by atoms with Crippen LogP contribution < -0.4 is 10.5 Å². The number of esters is 1. The number of likely N-dealkylation sites (tertiary alicyclic amines) is 1. The summed E-state index contributed by atoms with van der Waals surface area (Å²) < 4.78 is 11.4. The molecule has 0 aromatic heterocycles. The van der Waals surface area contributed by atoms with E-state index in [0.717, 1.165) is 29.7 Å². The molecule has 0 aliphatic carbocycles. The minimum Gasteiger partial charge on any atom is -0.494 e. The molecule has 0 radical (unpaired) electrons. The predicted molar refractivity (Wildman–Crippen MR) is 128 cm³/mol. The van der Waals surface area contributed by atoms with Gasteiger partial charge in [-0.15, -0.1) is 0 Å². The fraction of sp³-hybridized carbons (Fsp3) is 0.333. The minimum atomic E-state index is -0.664. The summed E-state index contributed by atoms with van der Waals surface area (Å²) in [6, 6.07) is 18.2. The molecule has 1 aliphatic rings. The number of benzene rings is 3. The Morgan fingerprint density at radius 2 is 1.73 bits per heavy atom. The van der Waals surface area contributed by atoms with E-state index in [4.69, 9.17) is 15.2 Å². The third-order valence-corrected chi connectivity index (χ3v) is 6.01. The van der Waals surface area contributed by atoms with Crippen molar-refractivity contribution in [2.75, 3.05) is 26.2 Å². The zero-order valence-electron chi connectivity index (χ0n) is 18.8.